The van der Waals surface area contributed by atoms with Gasteiger partial charge in [0.05, 0.1) is 5.41 Å². The summed E-state index contributed by atoms with van der Waals surface area (Å²) >= 11 is 12.1. The third kappa shape index (κ3) is 2.86. The molecule has 1 aromatic carbocycles. The van der Waals surface area contributed by atoms with Gasteiger partial charge in [0.2, 0.25) is 5.91 Å². The number of piperidine rings is 1. The number of amides is 1. The Bertz CT molecular complexity index is 538. The zero-order valence-electron chi connectivity index (χ0n) is 12.2. The van der Waals surface area contributed by atoms with Gasteiger partial charge in [0.1, 0.15) is 4.33 Å². The van der Waals surface area contributed by atoms with E-state index < -0.39 is 9.75 Å². The summed E-state index contributed by atoms with van der Waals surface area (Å²) in [7, 11) is 0. The van der Waals surface area contributed by atoms with Crippen molar-refractivity contribution in [2.24, 2.45) is 5.41 Å². The lowest BCUT2D eigenvalue weighted by Crippen LogP contribution is -2.29. The van der Waals surface area contributed by atoms with Crippen LogP contribution in [0.1, 0.15) is 32.6 Å². The summed E-state index contributed by atoms with van der Waals surface area (Å²) in [6, 6.07) is 8.01. The lowest BCUT2D eigenvalue weighted by molar-refractivity contribution is -0.120. The highest BCUT2D eigenvalue weighted by Gasteiger charge is 2.67. The van der Waals surface area contributed by atoms with Gasteiger partial charge in [-0.2, -0.15) is 0 Å². The number of carbonyl (C=O) groups excluding carboxylic acids is 1. The molecule has 2 fully saturated rings. The molecule has 0 spiro atoms. The minimum Gasteiger partial charge on any atom is -0.372 e. The van der Waals surface area contributed by atoms with Gasteiger partial charge in [-0.15, -0.1) is 23.2 Å². The monoisotopic (exact) mass is 326 g/mol. The second-order valence-electron chi connectivity index (χ2n) is 6.26. The Morgan fingerprint density at radius 2 is 1.71 bits per heavy atom. The Hall–Kier alpha value is -0.930. The Morgan fingerprint density at radius 3 is 2.24 bits per heavy atom. The molecule has 1 unspecified atom stereocenters. The van der Waals surface area contributed by atoms with Crippen LogP contribution < -0.4 is 10.2 Å². The summed E-state index contributed by atoms with van der Waals surface area (Å²) in [5, 5.41) is 2.90. The molecular formula is C16H20Cl2N2O. The standard InChI is InChI=1S/C16H20Cl2N2O/c1-15(11-16(15,17)18)14(21)19-12-5-7-13(8-6-12)20-9-3-2-4-10-20/h5-8H,2-4,9-11H2,1H3,(H,19,21). The highest BCUT2D eigenvalue weighted by atomic mass is 35.5. The first-order valence-electron chi connectivity index (χ1n) is 7.47. The molecule has 2 aliphatic rings. The molecule has 3 nitrogen and oxygen atoms in total. The molecule has 1 saturated heterocycles. The van der Waals surface area contributed by atoms with Crippen LogP contribution in [0.25, 0.3) is 0 Å². The largest absolute Gasteiger partial charge is 0.372 e. The van der Waals surface area contributed by atoms with Crippen molar-refractivity contribution < 1.29 is 4.79 Å². The van der Waals surface area contributed by atoms with E-state index in [2.05, 4.69) is 22.3 Å². The van der Waals surface area contributed by atoms with Gasteiger partial charge in [0.15, 0.2) is 0 Å². The van der Waals surface area contributed by atoms with Crippen molar-refractivity contribution in [1.29, 1.82) is 0 Å². The normalized spacial score (nSPS) is 27.3. The van der Waals surface area contributed by atoms with Crippen molar-refractivity contribution in [1.82, 2.24) is 0 Å². The molecule has 21 heavy (non-hydrogen) atoms. The summed E-state index contributed by atoms with van der Waals surface area (Å²) in [4.78, 5) is 14.6. The van der Waals surface area contributed by atoms with E-state index in [-0.39, 0.29) is 5.91 Å². The maximum absolute atomic E-state index is 12.2. The second kappa shape index (κ2) is 5.36. The highest BCUT2D eigenvalue weighted by molar-refractivity contribution is 6.53. The summed E-state index contributed by atoms with van der Waals surface area (Å²) in [6.07, 6.45) is 4.33. The predicted octanol–water partition coefficient (Wildman–Crippen LogP) is 4.20. The second-order valence-corrected chi connectivity index (χ2v) is 7.75. The smallest absolute Gasteiger partial charge is 0.233 e. The SMILES string of the molecule is CC1(C(=O)Nc2ccc(N3CCCCC3)cc2)CC1(Cl)Cl. The number of benzene rings is 1. The average Bonchev–Trinajstić information content (AvgIpc) is 3.01. The van der Waals surface area contributed by atoms with Crippen LogP contribution >= 0.6 is 23.2 Å². The van der Waals surface area contributed by atoms with E-state index in [1.807, 2.05) is 12.1 Å². The van der Waals surface area contributed by atoms with Crippen molar-refractivity contribution in [2.75, 3.05) is 23.3 Å². The van der Waals surface area contributed by atoms with Crippen LogP contribution in [0.15, 0.2) is 24.3 Å². The predicted molar refractivity (Wildman–Crippen MR) is 88.3 cm³/mol. The number of anilines is 2. The summed E-state index contributed by atoms with van der Waals surface area (Å²) < 4.78 is -0.926. The molecule has 1 saturated carbocycles. The third-order valence-corrected chi connectivity index (χ3v) is 5.71. The minimum atomic E-state index is -0.926. The van der Waals surface area contributed by atoms with Gasteiger partial charge in [-0.1, -0.05) is 0 Å². The molecule has 5 heteroatoms. The van der Waals surface area contributed by atoms with E-state index in [1.165, 1.54) is 24.9 Å². The van der Waals surface area contributed by atoms with Gasteiger partial charge < -0.3 is 10.2 Å². The summed E-state index contributed by atoms with van der Waals surface area (Å²) in [5.41, 5.74) is 1.33. The number of nitrogens with one attached hydrogen (secondary N) is 1. The Kier molecular flexibility index (Phi) is 3.83. The fraction of sp³-hybridized carbons (Fsp3) is 0.562. The molecule has 1 N–H and O–H groups in total. The van der Waals surface area contributed by atoms with Crippen LogP contribution in [0.3, 0.4) is 0 Å². The molecule has 0 aromatic heterocycles. The number of halogens is 2. The van der Waals surface area contributed by atoms with Gasteiger partial charge in [0, 0.05) is 24.5 Å². The Balaban J connectivity index is 1.63. The zero-order chi connectivity index (χ0) is 15.1. The quantitative estimate of drug-likeness (QED) is 0.844. The van der Waals surface area contributed by atoms with Crippen molar-refractivity contribution in [3.8, 4) is 0 Å². The minimum absolute atomic E-state index is 0.113. The van der Waals surface area contributed by atoms with Crippen LogP contribution in [-0.2, 0) is 4.79 Å². The van der Waals surface area contributed by atoms with Crippen LogP contribution in [0.4, 0.5) is 11.4 Å². The lowest BCUT2D eigenvalue weighted by Gasteiger charge is -2.28. The van der Waals surface area contributed by atoms with E-state index in [4.69, 9.17) is 23.2 Å². The molecule has 1 aliphatic carbocycles. The molecule has 114 valence electrons. The number of hydrogen-bond acceptors (Lipinski definition) is 2. The maximum Gasteiger partial charge on any atom is 0.233 e. The molecule has 1 aliphatic heterocycles. The number of hydrogen-bond donors (Lipinski definition) is 1. The van der Waals surface area contributed by atoms with E-state index in [0.29, 0.717) is 6.42 Å². The number of carbonyl (C=O) groups is 1. The van der Waals surface area contributed by atoms with E-state index in [0.717, 1.165) is 18.8 Å². The molecular weight excluding hydrogens is 307 g/mol. The van der Waals surface area contributed by atoms with Gasteiger partial charge >= 0.3 is 0 Å². The van der Waals surface area contributed by atoms with Gasteiger partial charge in [-0.05, 0) is 56.9 Å². The third-order valence-electron chi connectivity index (χ3n) is 4.61. The van der Waals surface area contributed by atoms with Crippen molar-refractivity contribution in [3.05, 3.63) is 24.3 Å². The molecule has 1 aromatic rings. The lowest BCUT2D eigenvalue weighted by atomic mass is 10.1. The van der Waals surface area contributed by atoms with E-state index >= 15 is 0 Å². The van der Waals surface area contributed by atoms with E-state index in [1.54, 1.807) is 6.92 Å². The first kappa shape index (κ1) is 15.0. The first-order valence-corrected chi connectivity index (χ1v) is 8.22. The topological polar surface area (TPSA) is 32.3 Å². The van der Waals surface area contributed by atoms with Crippen LogP contribution in [-0.4, -0.2) is 23.3 Å². The van der Waals surface area contributed by atoms with E-state index in [9.17, 15) is 4.79 Å². The van der Waals surface area contributed by atoms with Crippen LogP contribution in [0.2, 0.25) is 0 Å². The fourth-order valence-electron chi connectivity index (χ4n) is 2.82. The highest BCUT2D eigenvalue weighted by Crippen LogP contribution is 2.64. The molecule has 3 rings (SSSR count). The zero-order valence-corrected chi connectivity index (χ0v) is 13.7. The Morgan fingerprint density at radius 1 is 1.14 bits per heavy atom. The van der Waals surface area contributed by atoms with Crippen LogP contribution in [0, 0.1) is 5.41 Å². The fourth-order valence-corrected chi connectivity index (χ4v) is 3.53. The first-order chi connectivity index (χ1) is 9.92. The molecule has 0 radical (unpaired) electrons. The summed E-state index contributed by atoms with van der Waals surface area (Å²) in [6.45, 7) is 4.03. The molecule has 1 heterocycles. The average molecular weight is 327 g/mol. The van der Waals surface area contributed by atoms with Gasteiger partial charge in [-0.25, -0.2) is 0 Å². The van der Waals surface area contributed by atoms with Crippen molar-refractivity contribution in [2.45, 2.75) is 36.9 Å². The van der Waals surface area contributed by atoms with Gasteiger partial charge in [-0.3, -0.25) is 4.79 Å². The van der Waals surface area contributed by atoms with Crippen molar-refractivity contribution in [3.63, 3.8) is 0 Å². The van der Waals surface area contributed by atoms with Crippen LogP contribution in [0.5, 0.6) is 0 Å². The van der Waals surface area contributed by atoms with Gasteiger partial charge in [0.25, 0.3) is 0 Å². The number of rotatable bonds is 3. The number of alkyl halides is 2. The molecule has 1 amide bonds. The molecule has 0 bridgehead atoms. The maximum atomic E-state index is 12.2. The molecule has 1 atom stereocenters. The number of nitrogens with zero attached hydrogens (tertiary/aromatic N) is 1. The van der Waals surface area contributed by atoms with Crippen molar-refractivity contribution >= 4 is 40.5 Å². The Labute approximate surface area is 135 Å². The summed E-state index contributed by atoms with van der Waals surface area (Å²) in [5.74, 6) is -0.113.